The molecule has 2 fully saturated rings. The van der Waals surface area contributed by atoms with Crippen molar-refractivity contribution in [3.8, 4) is 11.1 Å². The maximum absolute atomic E-state index is 13.0. The molecule has 0 bridgehead atoms. The van der Waals surface area contributed by atoms with Crippen LogP contribution in [0.3, 0.4) is 0 Å². The number of fused-ring (bicyclic) bond motifs is 1. The van der Waals surface area contributed by atoms with Crippen LogP contribution < -0.4 is 10.5 Å². The number of carbonyl (C=O) groups excluding carboxylic acids is 1. The van der Waals surface area contributed by atoms with Gasteiger partial charge in [-0.3, -0.25) is 9.52 Å². The van der Waals surface area contributed by atoms with E-state index in [4.69, 9.17) is 5.73 Å². The van der Waals surface area contributed by atoms with Crippen molar-refractivity contribution in [3.63, 3.8) is 0 Å². The predicted molar refractivity (Wildman–Crippen MR) is 158 cm³/mol. The lowest BCUT2D eigenvalue weighted by molar-refractivity contribution is 0.100. The number of likely N-dealkylation sites (tertiary alicyclic amines) is 1. The topological polar surface area (TPSA) is 146 Å². The fourth-order valence-electron chi connectivity index (χ4n) is 5.95. The van der Waals surface area contributed by atoms with Crippen molar-refractivity contribution in [2.45, 2.75) is 38.0 Å². The molecule has 2 aromatic carbocycles. The van der Waals surface area contributed by atoms with E-state index in [1.165, 1.54) is 12.8 Å². The first-order valence-electron chi connectivity index (χ1n) is 13.7. The van der Waals surface area contributed by atoms with Gasteiger partial charge >= 0.3 is 0 Å². The first-order valence-corrected chi connectivity index (χ1v) is 17.2. The van der Waals surface area contributed by atoms with Crippen LogP contribution in [0.15, 0.2) is 42.6 Å². The Kier molecular flexibility index (Phi) is 8.23. The molecule has 2 saturated heterocycles. The SMILES string of the molecule is CS(=O)(=O)Nc1ccc(-c2cc(C(N)=O)c3[nH]cc(C4CCN(S(=O)(=O)CCCN5CCCC5)CC4)c3c2)cc1. The number of piperidine rings is 1. The van der Waals surface area contributed by atoms with Crippen molar-refractivity contribution in [3.05, 3.63) is 53.7 Å². The molecule has 3 heterocycles. The minimum atomic E-state index is -3.39. The minimum absolute atomic E-state index is 0.141. The number of rotatable bonds is 10. The van der Waals surface area contributed by atoms with E-state index in [0.717, 1.165) is 48.0 Å². The van der Waals surface area contributed by atoms with E-state index >= 15 is 0 Å². The van der Waals surface area contributed by atoms with Crippen molar-refractivity contribution in [1.29, 1.82) is 0 Å². The number of nitrogens with zero attached hydrogens (tertiary/aromatic N) is 2. The molecule has 4 N–H and O–H groups in total. The van der Waals surface area contributed by atoms with Crippen LogP contribution in [0.4, 0.5) is 5.69 Å². The molecule has 2 aliphatic heterocycles. The molecule has 3 aromatic rings. The quantitative estimate of drug-likeness (QED) is 0.332. The van der Waals surface area contributed by atoms with E-state index in [0.29, 0.717) is 49.1 Å². The van der Waals surface area contributed by atoms with Gasteiger partial charge < -0.3 is 15.6 Å². The molecule has 0 unspecified atom stereocenters. The summed E-state index contributed by atoms with van der Waals surface area (Å²) in [5.74, 6) is -0.224. The van der Waals surface area contributed by atoms with E-state index in [1.807, 2.05) is 12.3 Å². The second-order valence-electron chi connectivity index (χ2n) is 10.9. The van der Waals surface area contributed by atoms with Crippen molar-refractivity contribution < 1.29 is 21.6 Å². The first-order chi connectivity index (χ1) is 19.0. The predicted octanol–water partition coefficient (Wildman–Crippen LogP) is 3.30. The zero-order chi connectivity index (χ0) is 28.5. The average molecular weight is 588 g/mol. The number of hydrogen-bond donors (Lipinski definition) is 3. The number of aromatic amines is 1. The van der Waals surface area contributed by atoms with E-state index in [1.54, 1.807) is 34.6 Å². The fourth-order valence-corrected chi connectivity index (χ4v) is 8.03. The van der Waals surface area contributed by atoms with Crippen LogP contribution in [0, 0.1) is 0 Å². The number of carbonyl (C=O) groups is 1. The van der Waals surface area contributed by atoms with Crippen molar-refractivity contribution in [2.75, 3.05) is 49.5 Å². The Morgan fingerprint density at radius 1 is 1.00 bits per heavy atom. The Morgan fingerprint density at radius 2 is 1.68 bits per heavy atom. The Bertz CT molecular complexity index is 1590. The van der Waals surface area contributed by atoms with E-state index in [-0.39, 0.29) is 11.7 Å². The van der Waals surface area contributed by atoms with Gasteiger partial charge in [-0.2, -0.15) is 0 Å². The number of benzene rings is 2. The van der Waals surface area contributed by atoms with Crippen molar-refractivity contribution >= 4 is 42.5 Å². The fraction of sp³-hybridized carbons (Fsp3) is 0.464. The lowest BCUT2D eigenvalue weighted by atomic mass is 9.88. The second-order valence-corrected chi connectivity index (χ2v) is 14.7. The van der Waals surface area contributed by atoms with Crippen LogP contribution in [0.2, 0.25) is 0 Å². The normalized spacial score (nSPS) is 17.9. The number of nitrogens with two attached hydrogens (primary N) is 1. The van der Waals surface area contributed by atoms with Gasteiger partial charge in [-0.05, 0) is 98.6 Å². The Morgan fingerprint density at radius 3 is 2.30 bits per heavy atom. The van der Waals surface area contributed by atoms with Gasteiger partial charge in [0.2, 0.25) is 20.0 Å². The summed E-state index contributed by atoms with van der Waals surface area (Å²) in [4.78, 5) is 17.9. The zero-order valence-electron chi connectivity index (χ0n) is 22.7. The van der Waals surface area contributed by atoms with Crippen LogP contribution in [-0.2, 0) is 20.0 Å². The van der Waals surface area contributed by atoms with E-state index in [2.05, 4.69) is 14.6 Å². The summed E-state index contributed by atoms with van der Waals surface area (Å²) in [6.45, 7) is 3.93. The highest BCUT2D eigenvalue weighted by molar-refractivity contribution is 7.92. The van der Waals surface area contributed by atoms with Gasteiger partial charge in [0, 0.05) is 30.4 Å². The molecule has 0 saturated carbocycles. The maximum atomic E-state index is 13.0. The number of aromatic nitrogens is 1. The van der Waals surface area contributed by atoms with Gasteiger partial charge in [0.15, 0.2) is 0 Å². The van der Waals surface area contributed by atoms with Gasteiger partial charge in [0.25, 0.3) is 5.91 Å². The molecule has 40 heavy (non-hydrogen) atoms. The molecule has 0 radical (unpaired) electrons. The Balaban J connectivity index is 1.33. The van der Waals surface area contributed by atoms with Gasteiger partial charge in [-0.15, -0.1) is 0 Å². The highest BCUT2D eigenvalue weighted by Gasteiger charge is 2.30. The van der Waals surface area contributed by atoms with Crippen molar-refractivity contribution in [2.24, 2.45) is 5.73 Å². The number of primary amides is 1. The number of H-pyrrole nitrogens is 1. The first kappa shape index (κ1) is 28.6. The third-order valence-electron chi connectivity index (χ3n) is 7.97. The minimum Gasteiger partial charge on any atom is -0.366 e. The lowest BCUT2D eigenvalue weighted by Gasteiger charge is -2.31. The summed E-state index contributed by atoms with van der Waals surface area (Å²) in [6.07, 6.45) is 7.45. The monoisotopic (exact) mass is 587 g/mol. The van der Waals surface area contributed by atoms with Gasteiger partial charge in [-0.25, -0.2) is 21.1 Å². The zero-order valence-corrected chi connectivity index (χ0v) is 24.4. The largest absolute Gasteiger partial charge is 0.366 e. The molecule has 0 aliphatic carbocycles. The summed E-state index contributed by atoms with van der Waals surface area (Å²) in [5, 5.41) is 0.886. The molecule has 12 heteroatoms. The summed E-state index contributed by atoms with van der Waals surface area (Å²) < 4.78 is 53.2. The maximum Gasteiger partial charge on any atom is 0.250 e. The van der Waals surface area contributed by atoms with Crippen LogP contribution in [0.5, 0.6) is 0 Å². The molecular weight excluding hydrogens is 550 g/mol. The summed E-state index contributed by atoms with van der Waals surface area (Å²) in [7, 11) is -6.68. The highest BCUT2D eigenvalue weighted by atomic mass is 32.2. The molecule has 10 nitrogen and oxygen atoms in total. The number of amides is 1. The van der Waals surface area contributed by atoms with Gasteiger partial charge in [0.05, 0.1) is 23.1 Å². The Hall–Kier alpha value is -2.93. The third-order valence-corrected chi connectivity index (χ3v) is 10.5. The highest BCUT2D eigenvalue weighted by Crippen LogP contribution is 2.37. The van der Waals surface area contributed by atoms with Crippen LogP contribution in [0.1, 0.15) is 53.9 Å². The van der Waals surface area contributed by atoms with E-state index < -0.39 is 26.0 Å². The number of hydrogen-bond acceptors (Lipinski definition) is 6. The van der Waals surface area contributed by atoms with Gasteiger partial charge in [-0.1, -0.05) is 12.1 Å². The van der Waals surface area contributed by atoms with Crippen LogP contribution in [0.25, 0.3) is 22.0 Å². The molecule has 5 rings (SSSR count). The molecule has 1 amide bonds. The molecular formula is C28H37N5O5S2. The Labute approximate surface area is 236 Å². The van der Waals surface area contributed by atoms with Crippen LogP contribution >= 0.6 is 0 Å². The average Bonchev–Trinajstić information content (AvgIpc) is 3.58. The number of nitrogens with one attached hydrogen (secondary N) is 2. The van der Waals surface area contributed by atoms with Crippen molar-refractivity contribution in [1.82, 2.24) is 14.2 Å². The molecule has 0 atom stereocenters. The standard InChI is InChI=1S/C28H37N5O5S2/c1-39(35,36)31-23-7-5-20(6-8-23)22-17-24-26(19-30-27(24)25(18-22)28(29)34)21-9-14-33(15-10-21)40(37,38)16-4-13-32-11-2-3-12-32/h5-8,17-19,21,30-31H,2-4,9-16H2,1H3,(H2,29,34). The van der Waals surface area contributed by atoms with Gasteiger partial charge in [0.1, 0.15) is 0 Å². The molecule has 2 aliphatic rings. The summed E-state index contributed by atoms with van der Waals surface area (Å²) in [6, 6.07) is 10.7. The lowest BCUT2D eigenvalue weighted by Crippen LogP contribution is -2.39. The van der Waals surface area contributed by atoms with E-state index in [9.17, 15) is 21.6 Å². The third kappa shape index (κ3) is 6.51. The van der Waals surface area contributed by atoms with Crippen LogP contribution in [-0.4, -0.2) is 81.7 Å². The number of sulfonamides is 2. The summed E-state index contributed by atoms with van der Waals surface area (Å²) >= 11 is 0. The molecule has 0 spiro atoms. The molecule has 1 aromatic heterocycles. The number of anilines is 1. The molecule has 216 valence electrons. The summed E-state index contributed by atoms with van der Waals surface area (Å²) in [5.41, 5.74) is 9.86. The second kappa shape index (κ2) is 11.5. The smallest absolute Gasteiger partial charge is 0.250 e.